The van der Waals surface area contributed by atoms with E-state index in [0.717, 1.165) is 0 Å². The van der Waals surface area contributed by atoms with Crippen molar-refractivity contribution in [2.75, 3.05) is 11.5 Å². The Morgan fingerprint density at radius 1 is 1.17 bits per heavy atom. The van der Waals surface area contributed by atoms with Crippen LogP contribution in [0.25, 0.3) is 10.9 Å². The highest BCUT2D eigenvalue weighted by Gasteiger charge is 2.07. The summed E-state index contributed by atoms with van der Waals surface area (Å²) in [5.74, 6) is -0.00944. The van der Waals surface area contributed by atoms with Gasteiger partial charge in [-0.1, -0.05) is 0 Å². The summed E-state index contributed by atoms with van der Waals surface area (Å²) < 4.78 is 31.6. The van der Waals surface area contributed by atoms with Gasteiger partial charge in [0.05, 0.1) is 5.69 Å². The normalized spacial score (nSPS) is 10.8. The fourth-order valence-corrected chi connectivity index (χ4v) is 1.28. The summed E-state index contributed by atoms with van der Waals surface area (Å²) in [5.41, 5.74) is 12.4. The van der Waals surface area contributed by atoms with Crippen LogP contribution >= 0.6 is 0 Å². The predicted molar refractivity (Wildman–Crippen MR) is 66.4 cm³/mol. The van der Waals surface area contributed by atoms with Gasteiger partial charge in [0, 0.05) is 17.3 Å². The Bertz CT molecular complexity index is 663. The van der Waals surface area contributed by atoms with Crippen LogP contribution in [0.4, 0.5) is 11.4 Å². The number of hydrogen-bond acceptors (Lipinski definition) is 6. The third kappa shape index (κ3) is 3.73. The van der Waals surface area contributed by atoms with Gasteiger partial charge >= 0.3 is 10.4 Å². The second-order valence-electron chi connectivity index (χ2n) is 3.25. The fourth-order valence-electron chi connectivity index (χ4n) is 1.28. The number of phenolic OH excluding ortho intramolecular Hbond substituents is 1. The molecule has 7 N–H and O–H groups in total. The maximum Gasteiger partial charge on any atom is 0.394 e. The van der Waals surface area contributed by atoms with Gasteiger partial charge in [-0.2, -0.15) is 8.42 Å². The van der Waals surface area contributed by atoms with Crippen molar-refractivity contribution in [2.24, 2.45) is 0 Å². The number of pyridine rings is 1. The second kappa shape index (κ2) is 5.04. The van der Waals surface area contributed by atoms with Crippen molar-refractivity contribution in [1.29, 1.82) is 0 Å². The first-order valence-corrected chi connectivity index (χ1v) is 5.91. The van der Waals surface area contributed by atoms with E-state index in [9.17, 15) is 5.11 Å². The third-order valence-electron chi connectivity index (χ3n) is 1.93. The molecule has 0 aliphatic heterocycles. The molecular weight excluding hydrogens is 262 g/mol. The lowest BCUT2D eigenvalue weighted by molar-refractivity contribution is 0.381. The quantitative estimate of drug-likeness (QED) is 0.200. The molecule has 1 aromatic heterocycles. The Morgan fingerprint density at radius 3 is 2.28 bits per heavy atom. The van der Waals surface area contributed by atoms with Gasteiger partial charge in [-0.05, 0) is 18.2 Å². The minimum Gasteiger partial charge on any atom is -0.504 e. The number of anilines is 2. The molecule has 0 aliphatic rings. The van der Waals surface area contributed by atoms with E-state index in [2.05, 4.69) is 4.98 Å². The maximum atomic E-state index is 9.54. The fraction of sp³-hybridized carbons (Fsp3) is 0. The molecule has 0 atom stereocenters. The zero-order valence-corrected chi connectivity index (χ0v) is 9.79. The van der Waals surface area contributed by atoms with Crippen molar-refractivity contribution in [1.82, 2.24) is 4.98 Å². The predicted octanol–water partition coefficient (Wildman–Crippen LogP) is 0.452. The lowest BCUT2D eigenvalue weighted by Gasteiger charge is -2.05. The minimum absolute atomic E-state index is 0.00944. The SMILES string of the molecule is Nc1cc(N)c2cccnc2c1O.O=S(=O)(O)O. The highest BCUT2D eigenvalue weighted by atomic mass is 32.3. The Balaban J connectivity index is 0.000000280. The van der Waals surface area contributed by atoms with Crippen LogP contribution in [-0.2, 0) is 10.4 Å². The number of benzene rings is 1. The van der Waals surface area contributed by atoms with Crippen molar-refractivity contribution in [3.8, 4) is 5.75 Å². The summed E-state index contributed by atoms with van der Waals surface area (Å²) in [6.45, 7) is 0. The number of nitrogen functional groups attached to an aromatic ring is 2. The van der Waals surface area contributed by atoms with E-state index in [-0.39, 0.29) is 11.4 Å². The van der Waals surface area contributed by atoms with Crippen LogP contribution < -0.4 is 11.5 Å². The standard InChI is InChI=1S/C9H9N3O.H2O4S/c10-6-4-7(11)9(13)8-5(6)2-1-3-12-8;1-5(2,3)4/h1-4,13H,10-11H2;(H2,1,2,3,4). The second-order valence-corrected chi connectivity index (χ2v) is 4.15. The molecule has 0 saturated heterocycles. The molecule has 18 heavy (non-hydrogen) atoms. The first-order valence-electron chi connectivity index (χ1n) is 4.51. The number of nitrogens with zero attached hydrogens (tertiary/aromatic N) is 1. The maximum absolute atomic E-state index is 9.54. The van der Waals surface area contributed by atoms with Gasteiger partial charge in [0.1, 0.15) is 5.52 Å². The Hall–Kier alpha value is -2.10. The van der Waals surface area contributed by atoms with Gasteiger partial charge in [0.2, 0.25) is 0 Å². The molecule has 0 radical (unpaired) electrons. The number of hydrogen-bond donors (Lipinski definition) is 5. The first kappa shape index (κ1) is 14.0. The van der Waals surface area contributed by atoms with Gasteiger partial charge in [-0.3, -0.25) is 14.1 Å². The van der Waals surface area contributed by atoms with Crippen LogP contribution in [0.1, 0.15) is 0 Å². The molecule has 0 spiro atoms. The van der Waals surface area contributed by atoms with Crippen molar-refractivity contribution in [3.05, 3.63) is 24.4 Å². The van der Waals surface area contributed by atoms with E-state index >= 15 is 0 Å². The largest absolute Gasteiger partial charge is 0.504 e. The first-order chi connectivity index (χ1) is 8.20. The molecule has 0 unspecified atom stereocenters. The van der Waals surface area contributed by atoms with E-state index in [4.69, 9.17) is 29.0 Å². The number of phenols is 1. The number of nitrogens with two attached hydrogens (primary N) is 2. The van der Waals surface area contributed by atoms with Crippen LogP contribution in [0.3, 0.4) is 0 Å². The van der Waals surface area contributed by atoms with E-state index in [1.807, 2.05) is 0 Å². The van der Waals surface area contributed by atoms with Gasteiger partial charge in [-0.15, -0.1) is 0 Å². The topological polar surface area (TPSA) is 160 Å². The zero-order chi connectivity index (χ0) is 13.9. The Kier molecular flexibility index (Phi) is 3.91. The van der Waals surface area contributed by atoms with E-state index in [1.165, 1.54) is 6.07 Å². The van der Waals surface area contributed by atoms with Crippen LogP contribution in [-0.4, -0.2) is 27.6 Å². The van der Waals surface area contributed by atoms with Crippen molar-refractivity contribution in [2.45, 2.75) is 0 Å². The van der Waals surface area contributed by atoms with Crippen molar-refractivity contribution >= 4 is 32.7 Å². The molecule has 2 rings (SSSR count). The molecule has 0 bridgehead atoms. The zero-order valence-electron chi connectivity index (χ0n) is 8.98. The average Bonchev–Trinajstić information content (AvgIpc) is 2.24. The van der Waals surface area contributed by atoms with E-state index < -0.39 is 10.4 Å². The monoisotopic (exact) mass is 273 g/mol. The number of aromatic hydroxyl groups is 1. The summed E-state index contributed by atoms with van der Waals surface area (Å²) in [5, 5.41) is 10.3. The summed E-state index contributed by atoms with van der Waals surface area (Å²) >= 11 is 0. The van der Waals surface area contributed by atoms with Crippen molar-refractivity contribution < 1.29 is 22.6 Å². The van der Waals surface area contributed by atoms with E-state index in [0.29, 0.717) is 16.6 Å². The summed E-state index contributed by atoms with van der Waals surface area (Å²) in [4.78, 5) is 3.99. The Morgan fingerprint density at radius 2 is 1.72 bits per heavy atom. The number of aromatic nitrogens is 1. The molecule has 0 amide bonds. The van der Waals surface area contributed by atoms with Crippen LogP contribution in [0.5, 0.6) is 5.75 Å². The molecule has 98 valence electrons. The summed E-state index contributed by atoms with van der Waals surface area (Å²) in [7, 11) is -4.67. The molecule has 8 nitrogen and oxygen atoms in total. The molecule has 0 saturated carbocycles. The molecule has 0 fully saturated rings. The average molecular weight is 273 g/mol. The molecule has 9 heteroatoms. The highest BCUT2D eigenvalue weighted by Crippen LogP contribution is 2.32. The smallest absolute Gasteiger partial charge is 0.394 e. The van der Waals surface area contributed by atoms with Crippen molar-refractivity contribution in [3.63, 3.8) is 0 Å². The van der Waals surface area contributed by atoms with Gasteiger partial charge in [-0.25, -0.2) is 0 Å². The van der Waals surface area contributed by atoms with Crippen LogP contribution in [0, 0.1) is 0 Å². The molecule has 1 aromatic carbocycles. The van der Waals surface area contributed by atoms with Gasteiger partial charge in [0.25, 0.3) is 0 Å². The summed E-state index contributed by atoms with van der Waals surface area (Å²) in [6.07, 6.45) is 1.58. The highest BCUT2D eigenvalue weighted by molar-refractivity contribution is 7.79. The van der Waals surface area contributed by atoms with Crippen LogP contribution in [0.2, 0.25) is 0 Å². The molecule has 0 aliphatic carbocycles. The van der Waals surface area contributed by atoms with Gasteiger partial charge < -0.3 is 16.6 Å². The summed E-state index contributed by atoms with van der Waals surface area (Å²) in [6, 6.07) is 5.07. The molecular formula is C9H11N3O5S. The van der Waals surface area contributed by atoms with Crippen LogP contribution in [0.15, 0.2) is 24.4 Å². The number of fused-ring (bicyclic) bond motifs is 1. The lowest BCUT2D eigenvalue weighted by Crippen LogP contribution is -1.93. The molecule has 2 aromatic rings. The molecule has 1 heterocycles. The lowest BCUT2D eigenvalue weighted by atomic mass is 10.1. The Labute approximate surface area is 102 Å². The number of rotatable bonds is 0. The minimum atomic E-state index is -4.67. The third-order valence-corrected chi connectivity index (χ3v) is 1.93. The van der Waals surface area contributed by atoms with Gasteiger partial charge in [0.15, 0.2) is 5.75 Å². The van der Waals surface area contributed by atoms with E-state index in [1.54, 1.807) is 18.3 Å².